The van der Waals surface area contributed by atoms with Gasteiger partial charge in [0, 0.05) is 64.5 Å². The van der Waals surface area contributed by atoms with Crippen molar-refractivity contribution >= 4 is 17.5 Å². The highest BCUT2D eigenvalue weighted by Gasteiger charge is 2.30. The highest BCUT2D eigenvalue weighted by molar-refractivity contribution is 5.94. The first-order valence-electron chi connectivity index (χ1n) is 11.7. The van der Waals surface area contributed by atoms with Crippen LogP contribution < -0.4 is 10.2 Å². The van der Waals surface area contributed by atoms with Crippen LogP contribution in [0.4, 0.5) is 5.69 Å². The highest BCUT2D eigenvalue weighted by atomic mass is 16.2. The molecule has 2 aromatic carbocycles. The Hall–Kier alpha value is -2.86. The van der Waals surface area contributed by atoms with Crippen LogP contribution in [0.1, 0.15) is 53.7 Å². The molecule has 0 radical (unpaired) electrons. The van der Waals surface area contributed by atoms with Crippen LogP contribution in [0.25, 0.3) is 0 Å². The zero-order valence-corrected chi connectivity index (χ0v) is 19.2. The number of amides is 2. The van der Waals surface area contributed by atoms with E-state index in [4.69, 9.17) is 0 Å². The molecule has 6 heteroatoms. The lowest BCUT2D eigenvalue weighted by Crippen LogP contribution is -2.49. The molecule has 0 spiro atoms. The number of carbonyl (C=O) groups excluding carboxylic acids is 2. The van der Waals surface area contributed by atoms with Crippen LogP contribution in [0.2, 0.25) is 0 Å². The summed E-state index contributed by atoms with van der Waals surface area (Å²) in [4.78, 5) is 31.3. The van der Waals surface area contributed by atoms with E-state index < -0.39 is 0 Å². The van der Waals surface area contributed by atoms with Crippen molar-refractivity contribution in [1.82, 2.24) is 15.1 Å². The fourth-order valence-corrected chi connectivity index (χ4v) is 4.95. The van der Waals surface area contributed by atoms with Gasteiger partial charge in [0.15, 0.2) is 0 Å². The second kappa shape index (κ2) is 10.2. The molecule has 1 atom stereocenters. The first-order valence-corrected chi connectivity index (χ1v) is 11.7. The van der Waals surface area contributed by atoms with Gasteiger partial charge < -0.3 is 15.1 Å². The van der Waals surface area contributed by atoms with Crippen molar-refractivity contribution in [3.05, 3.63) is 65.2 Å². The summed E-state index contributed by atoms with van der Waals surface area (Å²) in [7, 11) is 1.65. The lowest BCUT2D eigenvalue weighted by atomic mass is 9.98. The number of benzene rings is 2. The van der Waals surface area contributed by atoms with Crippen LogP contribution in [-0.4, -0.2) is 61.4 Å². The SMILES string of the molecule is CNC(=O)c1cccc(C2CN(C(C)=O)CCN2Cc2ccccc2N2CCCCC2)c1. The van der Waals surface area contributed by atoms with Gasteiger partial charge in [-0.3, -0.25) is 14.5 Å². The predicted octanol–water partition coefficient (Wildman–Crippen LogP) is 3.44. The van der Waals surface area contributed by atoms with E-state index in [1.54, 1.807) is 14.0 Å². The summed E-state index contributed by atoms with van der Waals surface area (Å²) >= 11 is 0. The average molecular weight is 435 g/mol. The van der Waals surface area contributed by atoms with Gasteiger partial charge in [0.05, 0.1) is 6.04 Å². The second-order valence-corrected chi connectivity index (χ2v) is 8.83. The summed E-state index contributed by atoms with van der Waals surface area (Å²) < 4.78 is 0. The molecule has 2 amide bonds. The summed E-state index contributed by atoms with van der Waals surface area (Å²) in [6.45, 7) is 6.88. The van der Waals surface area contributed by atoms with E-state index in [9.17, 15) is 9.59 Å². The van der Waals surface area contributed by atoms with Crippen LogP contribution in [0.15, 0.2) is 48.5 Å². The molecule has 0 bridgehead atoms. The third-order valence-corrected chi connectivity index (χ3v) is 6.76. The first kappa shape index (κ1) is 22.3. The fraction of sp³-hybridized carbons (Fsp3) is 0.462. The normalized spacial score (nSPS) is 19.6. The van der Waals surface area contributed by atoms with Crippen LogP contribution in [0.3, 0.4) is 0 Å². The Morgan fingerprint density at radius 2 is 1.75 bits per heavy atom. The Balaban J connectivity index is 1.62. The number of hydrogen-bond donors (Lipinski definition) is 1. The summed E-state index contributed by atoms with van der Waals surface area (Å²) in [5.74, 6) is 0.0129. The second-order valence-electron chi connectivity index (χ2n) is 8.83. The third-order valence-electron chi connectivity index (χ3n) is 6.76. The van der Waals surface area contributed by atoms with E-state index in [0.29, 0.717) is 12.1 Å². The van der Waals surface area contributed by atoms with E-state index in [0.717, 1.165) is 38.3 Å². The zero-order valence-electron chi connectivity index (χ0n) is 19.2. The predicted molar refractivity (Wildman–Crippen MR) is 128 cm³/mol. The van der Waals surface area contributed by atoms with Gasteiger partial charge in [-0.15, -0.1) is 0 Å². The van der Waals surface area contributed by atoms with Crippen molar-refractivity contribution in [3.63, 3.8) is 0 Å². The van der Waals surface area contributed by atoms with Gasteiger partial charge in [-0.2, -0.15) is 0 Å². The van der Waals surface area contributed by atoms with E-state index in [2.05, 4.69) is 45.4 Å². The van der Waals surface area contributed by atoms with Crippen molar-refractivity contribution in [3.8, 4) is 0 Å². The third kappa shape index (κ3) is 4.96. The van der Waals surface area contributed by atoms with Crippen molar-refractivity contribution in [2.45, 2.75) is 38.8 Å². The lowest BCUT2D eigenvalue weighted by Gasteiger charge is -2.42. The average Bonchev–Trinajstić information content (AvgIpc) is 2.84. The molecule has 2 aliphatic rings. The van der Waals surface area contributed by atoms with Crippen molar-refractivity contribution < 1.29 is 9.59 Å². The van der Waals surface area contributed by atoms with Gasteiger partial charge in [0.1, 0.15) is 0 Å². The van der Waals surface area contributed by atoms with Gasteiger partial charge in [0.2, 0.25) is 5.91 Å². The number of rotatable bonds is 5. The number of piperazine rings is 1. The minimum Gasteiger partial charge on any atom is -0.371 e. The van der Waals surface area contributed by atoms with E-state index >= 15 is 0 Å². The van der Waals surface area contributed by atoms with Gasteiger partial charge in [-0.05, 0) is 48.6 Å². The molecule has 0 saturated carbocycles. The lowest BCUT2D eigenvalue weighted by molar-refractivity contribution is -0.132. The van der Waals surface area contributed by atoms with E-state index in [1.807, 2.05) is 23.1 Å². The zero-order chi connectivity index (χ0) is 22.5. The van der Waals surface area contributed by atoms with Gasteiger partial charge >= 0.3 is 0 Å². The summed E-state index contributed by atoms with van der Waals surface area (Å²) in [6.07, 6.45) is 3.82. The number of anilines is 1. The molecule has 6 nitrogen and oxygen atoms in total. The molecule has 4 rings (SSSR count). The molecule has 1 N–H and O–H groups in total. The topological polar surface area (TPSA) is 55.9 Å². The monoisotopic (exact) mass is 434 g/mol. The van der Waals surface area contributed by atoms with Crippen molar-refractivity contribution in [2.75, 3.05) is 44.7 Å². The van der Waals surface area contributed by atoms with Crippen molar-refractivity contribution in [1.29, 1.82) is 0 Å². The number of para-hydroxylation sites is 1. The number of nitrogens with one attached hydrogen (secondary N) is 1. The molecule has 0 aromatic heterocycles. The van der Waals surface area contributed by atoms with Crippen LogP contribution in [-0.2, 0) is 11.3 Å². The molecule has 2 aliphatic heterocycles. The Morgan fingerprint density at radius 3 is 2.50 bits per heavy atom. The molecule has 170 valence electrons. The van der Waals surface area contributed by atoms with Gasteiger partial charge in [-0.1, -0.05) is 30.3 Å². The van der Waals surface area contributed by atoms with Crippen molar-refractivity contribution in [2.24, 2.45) is 0 Å². The Kier molecular flexibility index (Phi) is 7.10. The fourth-order valence-electron chi connectivity index (χ4n) is 4.95. The van der Waals surface area contributed by atoms with E-state index in [1.165, 1.54) is 30.5 Å². The molecular formula is C26H34N4O2. The van der Waals surface area contributed by atoms with Crippen LogP contribution >= 0.6 is 0 Å². The van der Waals surface area contributed by atoms with Gasteiger partial charge in [-0.25, -0.2) is 0 Å². The number of piperidine rings is 1. The number of carbonyl (C=O) groups is 2. The molecule has 0 aliphatic carbocycles. The molecule has 2 fully saturated rings. The van der Waals surface area contributed by atoms with Crippen LogP contribution in [0, 0.1) is 0 Å². The number of nitrogens with zero attached hydrogens (tertiary/aromatic N) is 3. The standard InChI is InChI=1S/C26H34N4O2/c1-20(31)29-15-16-30(25(19-29)21-10-8-11-22(17-21)26(32)27-2)18-23-9-4-5-12-24(23)28-13-6-3-7-14-28/h4-5,8-12,17,25H,3,6-7,13-16,18-19H2,1-2H3,(H,27,32). The minimum absolute atomic E-state index is 0.0478. The van der Waals surface area contributed by atoms with Crippen LogP contribution in [0.5, 0.6) is 0 Å². The smallest absolute Gasteiger partial charge is 0.251 e. The maximum atomic E-state index is 12.2. The first-order chi connectivity index (χ1) is 15.6. The molecule has 2 heterocycles. The minimum atomic E-state index is -0.0897. The Labute approximate surface area is 191 Å². The number of hydrogen-bond acceptors (Lipinski definition) is 4. The Bertz CT molecular complexity index is 954. The summed E-state index contributed by atoms with van der Waals surface area (Å²) in [6, 6.07) is 16.6. The molecule has 2 aromatic rings. The van der Waals surface area contributed by atoms with E-state index in [-0.39, 0.29) is 17.9 Å². The van der Waals surface area contributed by atoms with Gasteiger partial charge in [0.25, 0.3) is 5.91 Å². The quantitative estimate of drug-likeness (QED) is 0.783. The molecule has 32 heavy (non-hydrogen) atoms. The molecule has 1 unspecified atom stereocenters. The molecular weight excluding hydrogens is 400 g/mol. The highest BCUT2D eigenvalue weighted by Crippen LogP contribution is 2.31. The summed E-state index contributed by atoms with van der Waals surface area (Å²) in [5, 5.41) is 2.71. The maximum Gasteiger partial charge on any atom is 0.251 e. The maximum absolute atomic E-state index is 12.2. The largest absolute Gasteiger partial charge is 0.371 e. The molecule has 2 saturated heterocycles. The summed E-state index contributed by atoms with van der Waals surface area (Å²) in [5.41, 5.74) is 4.39. The Morgan fingerprint density at radius 1 is 0.969 bits per heavy atom.